The number of thioether (sulfide) groups is 1. The van der Waals surface area contributed by atoms with Crippen LogP contribution in [0.4, 0.5) is 0 Å². The van der Waals surface area contributed by atoms with Gasteiger partial charge in [-0.15, -0.1) is 11.8 Å². The van der Waals surface area contributed by atoms with E-state index in [-0.39, 0.29) is 18.3 Å². The first-order chi connectivity index (χ1) is 12.0. The second-order valence-corrected chi connectivity index (χ2v) is 6.86. The van der Waals surface area contributed by atoms with Gasteiger partial charge in [-0.2, -0.15) is 5.26 Å². The summed E-state index contributed by atoms with van der Waals surface area (Å²) >= 11 is 2.70. The largest absolute Gasteiger partial charge is 0.467 e. The fourth-order valence-corrected chi connectivity index (χ4v) is 3.03. The van der Waals surface area contributed by atoms with Crippen molar-refractivity contribution >= 4 is 29.1 Å². The minimum absolute atomic E-state index is 0.0489. The summed E-state index contributed by atoms with van der Waals surface area (Å²) < 4.78 is 15.7. The minimum atomic E-state index is -0.660. The van der Waals surface area contributed by atoms with E-state index in [1.165, 1.54) is 23.1 Å². The summed E-state index contributed by atoms with van der Waals surface area (Å²) in [5.74, 6) is -0.660. The zero-order valence-corrected chi connectivity index (χ0v) is 16.5. The lowest BCUT2D eigenvalue weighted by Crippen LogP contribution is -2.18. The van der Waals surface area contributed by atoms with Crippen molar-refractivity contribution in [2.75, 3.05) is 26.1 Å². The number of esters is 1. The Morgan fingerprint density at radius 3 is 2.84 bits per heavy atom. The van der Waals surface area contributed by atoms with Crippen molar-refractivity contribution in [2.24, 2.45) is 0 Å². The van der Waals surface area contributed by atoms with Crippen LogP contribution in [0.5, 0.6) is 5.19 Å². The number of hydrogen-bond acceptors (Lipinski definition) is 9. The molecule has 0 atom stereocenters. The van der Waals surface area contributed by atoms with Crippen LogP contribution in [0.1, 0.15) is 25.6 Å². The van der Waals surface area contributed by atoms with Crippen molar-refractivity contribution in [1.82, 2.24) is 10.3 Å². The number of aromatic nitrogens is 1. The van der Waals surface area contributed by atoms with Crippen molar-refractivity contribution in [3.63, 3.8) is 0 Å². The van der Waals surface area contributed by atoms with Gasteiger partial charge in [-0.25, -0.2) is 9.78 Å². The van der Waals surface area contributed by atoms with Crippen LogP contribution >= 0.6 is 23.1 Å². The Labute approximate surface area is 156 Å². The molecule has 0 saturated carbocycles. The van der Waals surface area contributed by atoms with Crippen LogP contribution in [-0.2, 0) is 20.8 Å². The van der Waals surface area contributed by atoms with Crippen molar-refractivity contribution in [3.8, 4) is 11.3 Å². The van der Waals surface area contributed by atoms with E-state index < -0.39 is 5.97 Å². The summed E-state index contributed by atoms with van der Waals surface area (Å²) in [5.41, 5.74) is -0.0489. The normalized spacial score (nSPS) is 11.7. The van der Waals surface area contributed by atoms with E-state index in [0.29, 0.717) is 30.0 Å². The number of ether oxygens (including phenoxy) is 3. The number of nitrogens with one attached hydrogen (secondary N) is 1. The van der Waals surface area contributed by atoms with Gasteiger partial charge in [0, 0.05) is 17.7 Å². The van der Waals surface area contributed by atoms with Gasteiger partial charge in [0.1, 0.15) is 12.7 Å². The average molecular weight is 386 g/mol. The van der Waals surface area contributed by atoms with Gasteiger partial charge in [0.2, 0.25) is 0 Å². The van der Waals surface area contributed by atoms with Gasteiger partial charge in [-0.3, -0.25) is 0 Å². The first-order valence-corrected chi connectivity index (χ1v) is 9.84. The molecule has 7 nitrogen and oxygen atoms in total. The molecule has 0 spiro atoms. The fourth-order valence-electron chi connectivity index (χ4n) is 1.66. The van der Waals surface area contributed by atoms with Crippen LogP contribution in [0.3, 0.4) is 0 Å². The summed E-state index contributed by atoms with van der Waals surface area (Å²) in [6.45, 7) is 7.14. The molecule has 1 rings (SSSR count). The van der Waals surface area contributed by atoms with E-state index in [4.69, 9.17) is 14.2 Å². The molecular formula is C16H23N3O4S2. The number of carbonyl (C=O) groups is 1. The van der Waals surface area contributed by atoms with Crippen molar-refractivity contribution < 1.29 is 19.0 Å². The Morgan fingerprint density at radius 1 is 1.48 bits per heavy atom. The molecule has 0 aromatic carbocycles. The monoisotopic (exact) mass is 385 g/mol. The van der Waals surface area contributed by atoms with Gasteiger partial charge >= 0.3 is 5.97 Å². The maximum Gasteiger partial charge on any atom is 0.351 e. The SMILES string of the molecule is CCOCCOC(=O)/C(C#N)=C(\NCc1cnc(OC(C)C)s1)SC. The molecule has 9 heteroatoms. The predicted molar refractivity (Wildman–Crippen MR) is 98.3 cm³/mol. The highest BCUT2D eigenvalue weighted by atomic mass is 32.2. The van der Waals surface area contributed by atoms with Crippen LogP contribution in [0.2, 0.25) is 0 Å². The summed E-state index contributed by atoms with van der Waals surface area (Å²) in [5, 5.41) is 13.4. The highest BCUT2D eigenvalue weighted by Crippen LogP contribution is 2.23. The lowest BCUT2D eigenvalue weighted by molar-refractivity contribution is -0.140. The summed E-state index contributed by atoms with van der Waals surface area (Å²) in [7, 11) is 0. The van der Waals surface area contributed by atoms with Crippen LogP contribution in [0, 0.1) is 11.3 Å². The smallest absolute Gasteiger partial charge is 0.351 e. The van der Waals surface area contributed by atoms with Gasteiger partial charge in [0.05, 0.1) is 24.3 Å². The van der Waals surface area contributed by atoms with Crippen LogP contribution in [-0.4, -0.2) is 43.1 Å². The molecule has 1 heterocycles. The van der Waals surface area contributed by atoms with Crippen molar-refractivity contribution in [2.45, 2.75) is 33.4 Å². The van der Waals surface area contributed by atoms with E-state index >= 15 is 0 Å². The molecule has 0 fully saturated rings. The molecule has 0 saturated heterocycles. The number of carbonyl (C=O) groups excluding carboxylic acids is 1. The summed E-state index contributed by atoms with van der Waals surface area (Å²) in [6, 6.07) is 1.91. The number of rotatable bonds is 11. The summed E-state index contributed by atoms with van der Waals surface area (Å²) in [4.78, 5) is 17.1. The first-order valence-electron chi connectivity index (χ1n) is 7.80. The van der Waals surface area contributed by atoms with Gasteiger partial charge < -0.3 is 19.5 Å². The lowest BCUT2D eigenvalue weighted by Gasteiger charge is -2.10. The topological polar surface area (TPSA) is 93.5 Å². The fraction of sp³-hybridized carbons (Fsp3) is 0.562. The van der Waals surface area contributed by atoms with Crippen molar-refractivity contribution in [1.29, 1.82) is 5.26 Å². The van der Waals surface area contributed by atoms with Gasteiger partial charge in [-0.1, -0.05) is 11.3 Å². The number of hydrogen-bond donors (Lipinski definition) is 1. The molecule has 1 N–H and O–H groups in total. The highest BCUT2D eigenvalue weighted by molar-refractivity contribution is 8.02. The maximum absolute atomic E-state index is 12.0. The van der Waals surface area contributed by atoms with Gasteiger partial charge in [0.15, 0.2) is 5.57 Å². The Bertz CT molecular complexity index is 623. The number of nitrogens with zero attached hydrogens (tertiary/aromatic N) is 2. The quantitative estimate of drug-likeness (QED) is 0.269. The zero-order chi connectivity index (χ0) is 18.7. The van der Waals surface area contributed by atoms with Gasteiger partial charge in [-0.05, 0) is 27.0 Å². The standard InChI is InChI=1S/C16H23N3O4S2/c1-5-21-6-7-22-15(20)13(8-17)14(24-4)18-9-12-10-19-16(25-12)23-11(2)3/h10-11,18H,5-7,9H2,1-4H3/b14-13+. The third-order valence-electron chi connectivity index (χ3n) is 2.70. The minimum Gasteiger partial charge on any atom is -0.467 e. The average Bonchev–Trinajstić information content (AvgIpc) is 3.01. The lowest BCUT2D eigenvalue weighted by atomic mass is 10.3. The van der Waals surface area contributed by atoms with E-state index in [9.17, 15) is 10.1 Å². The predicted octanol–water partition coefficient (Wildman–Crippen LogP) is 2.70. The molecule has 0 aliphatic rings. The van der Waals surface area contributed by atoms with E-state index in [0.717, 1.165) is 4.88 Å². The molecule has 0 aliphatic heterocycles. The first kappa shape index (κ1) is 21.3. The molecule has 0 aliphatic carbocycles. The Morgan fingerprint density at radius 2 is 2.24 bits per heavy atom. The molecule has 0 radical (unpaired) electrons. The van der Waals surface area contributed by atoms with E-state index in [1.807, 2.05) is 26.8 Å². The van der Waals surface area contributed by atoms with Gasteiger partial charge in [0.25, 0.3) is 5.19 Å². The molecule has 1 aromatic rings. The summed E-state index contributed by atoms with van der Waals surface area (Å²) in [6.07, 6.45) is 3.55. The van der Waals surface area contributed by atoms with Crippen molar-refractivity contribution in [3.05, 3.63) is 21.7 Å². The van der Waals surface area contributed by atoms with E-state index in [2.05, 4.69) is 10.3 Å². The van der Waals surface area contributed by atoms with E-state index in [1.54, 1.807) is 12.5 Å². The Kier molecular flexibility index (Phi) is 9.99. The van der Waals surface area contributed by atoms with Crippen LogP contribution in [0.25, 0.3) is 0 Å². The molecule has 1 aromatic heterocycles. The molecular weight excluding hydrogens is 362 g/mol. The number of thiazole rings is 1. The maximum atomic E-state index is 12.0. The zero-order valence-electron chi connectivity index (χ0n) is 14.8. The molecule has 138 valence electrons. The van der Waals surface area contributed by atoms with Crippen LogP contribution < -0.4 is 10.1 Å². The molecule has 0 amide bonds. The second-order valence-electron chi connectivity index (χ2n) is 4.97. The molecule has 25 heavy (non-hydrogen) atoms. The molecule has 0 unspecified atom stereocenters. The Balaban J connectivity index is 2.67. The third kappa shape index (κ3) is 7.77. The highest BCUT2D eigenvalue weighted by Gasteiger charge is 2.17. The van der Waals surface area contributed by atoms with Crippen LogP contribution in [0.15, 0.2) is 16.8 Å². The second kappa shape index (κ2) is 11.7. The molecule has 0 bridgehead atoms. The Hall–Kier alpha value is -1.76. The number of nitriles is 1. The third-order valence-corrected chi connectivity index (χ3v) is 4.35.